The van der Waals surface area contributed by atoms with Crippen molar-refractivity contribution < 1.29 is 13.2 Å². The first-order valence-electron chi connectivity index (χ1n) is 7.99. The molecule has 1 N–H and O–H groups in total. The number of rotatable bonds is 5. The smallest absolute Gasteiger partial charge is 0.240 e. The van der Waals surface area contributed by atoms with Crippen LogP contribution in [0.5, 0.6) is 0 Å². The molecule has 1 aromatic carbocycles. The summed E-state index contributed by atoms with van der Waals surface area (Å²) in [7, 11) is -3.65. The average Bonchev–Trinajstić information content (AvgIpc) is 2.73. The van der Waals surface area contributed by atoms with Gasteiger partial charge >= 0.3 is 0 Å². The Hall–Kier alpha value is -0.980. The van der Waals surface area contributed by atoms with Crippen LogP contribution in [0.2, 0.25) is 10.0 Å². The van der Waals surface area contributed by atoms with Crippen LogP contribution < -0.4 is 9.62 Å². The summed E-state index contributed by atoms with van der Waals surface area (Å²) >= 11 is 12.0. The molecule has 1 fully saturated rings. The normalized spacial score (nSPS) is 16.5. The number of halogens is 2. The first-order chi connectivity index (χ1) is 11.3. The second kappa shape index (κ2) is 8.41. The third-order valence-corrected chi connectivity index (χ3v) is 5.75. The van der Waals surface area contributed by atoms with Gasteiger partial charge in [0.2, 0.25) is 15.9 Å². The number of nitrogens with zero attached hydrogens (tertiary/aromatic N) is 1. The van der Waals surface area contributed by atoms with E-state index in [1.807, 2.05) is 0 Å². The van der Waals surface area contributed by atoms with Gasteiger partial charge in [-0.3, -0.25) is 9.10 Å². The van der Waals surface area contributed by atoms with Crippen LogP contribution in [0.4, 0.5) is 5.69 Å². The van der Waals surface area contributed by atoms with E-state index in [0.29, 0.717) is 5.02 Å². The van der Waals surface area contributed by atoms with Crippen molar-refractivity contribution in [3.63, 3.8) is 0 Å². The van der Waals surface area contributed by atoms with Gasteiger partial charge in [0.05, 0.1) is 17.0 Å². The van der Waals surface area contributed by atoms with E-state index < -0.39 is 10.0 Å². The Morgan fingerprint density at radius 1 is 1.21 bits per heavy atom. The Kier molecular flexibility index (Phi) is 6.78. The lowest BCUT2D eigenvalue weighted by Crippen LogP contribution is -2.44. The van der Waals surface area contributed by atoms with Crippen molar-refractivity contribution in [3.05, 3.63) is 28.2 Å². The molecule has 5 nitrogen and oxygen atoms in total. The molecule has 1 saturated carbocycles. The van der Waals surface area contributed by atoms with E-state index in [4.69, 9.17) is 23.2 Å². The van der Waals surface area contributed by atoms with Crippen LogP contribution in [0.25, 0.3) is 0 Å². The van der Waals surface area contributed by atoms with Crippen LogP contribution in [0.3, 0.4) is 0 Å². The molecule has 0 aliphatic heterocycles. The Labute approximate surface area is 153 Å². The summed E-state index contributed by atoms with van der Waals surface area (Å²) in [4.78, 5) is 12.3. The molecule has 0 radical (unpaired) electrons. The highest BCUT2D eigenvalue weighted by Crippen LogP contribution is 2.30. The van der Waals surface area contributed by atoms with Crippen molar-refractivity contribution in [3.8, 4) is 0 Å². The maximum absolute atomic E-state index is 12.3. The van der Waals surface area contributed by atoms with Crippen LogP contribution in [0, 0.1) is 0 Å². The van der Waals surface area contributed by atoms with Gasteiger partial charge in [0.1, 0.15) is 6.54 Å². The van der Waals surface area contributed by atoms with Crippen molar-refractivity contribution in [1.29, 1.82) is 0 Å². The monoisotopic (exact) mass is 392 g/mol. The Morgan fingerprint density at radius 2 is 1.83 bits per heavy atom. The van der Waals surface area contributed by atoms with E-state index >= 15 is 0 Å². The quantitative estimate of drug-likeness (QED) is 0.778. The largest absolute Gasteiger partial charge is 0.352 e. The minimum atomic E-state index is -3.65. The molecular formula is C16H22Cl2N2O3S. The number of carbonyl (C=O) groups is 1. The lowest BCUT2D eigenvalue weighted by Gasteiger charge is -2.24. The van der Waals surface area contributed by atoms with Gasteiger partial charge in [-0.05, 0) is 31.0 Å². The highest BCUT2D eigenvalue weighted by atomic mass is 35.5. The first-order valence-corrected chi connectivity index (χ1v) is 10.6. The molecule has 8 heteroatoms. The summed E-state index contributed by atoms with van der Waals surface area (Å²) in [6.45, 7) is -0.295. The van der Waals surface area contributed by atoms with Crippen LogP contribution in [-0.2, 0) is 14.8 Å². The van der Waals surface area contributed by atoms with E-state index in [1.165, 1.54) is 25.0 Å². The molecule has 0 spiro atoms. The van der Waals surface area contributed by atoms with Crippen LogP contribution in [0.15, 0.2) is 18.2 Å². The fourth-order valence-corrected chi connectivity index (χ4v) is 4.32. The standard InChI is InChI=1S/C16H22Cl2N2O3S/c1-24(22,23)20(15-9-8-12(17)10-14(15)18)11-16(21)19-13-6-4-2-3-5-7-13/h8-10,13H,2-7,11H2,1H3,(H,19,21). The van der Waals surface area contributed by atoms with Crippen molar-refractivity contribution in [2.75, 3.05) is 17.1 Å². The maximum Gasteiger partial charge on any atom is 0.240 e. The van der Waals surface area contributed by atoms with Crippen LogP contribution in [0.1, 0.15) is 38.5 Å². The van der Waals surface area contributed by atoms with E-state index in [9.17, 15) is 13.2 Å². The van der Waals surface area contributed by atoms with E-state index in [2.05, 4.69) is 5.32 Å². The molecular weight excluding hydrogens is 371 g/mol. The SMILES string of the molecule is CS(=O)(=O)N(CC(=O)NC1CCCCCC1)c1ccc(Cl)cc1Cl. The lowest BCUT2D eigenvalue weighted by molar-refractivity contribution is -0.120. The summed E-state index contributed by atoms with van der Waals surface area (Å²) in [6.07, 6.45) is 7.47. The van der Waals surface area contributed by atoms with Gasteiger partial charge in [-0.25, -0.2) is 8.42 Å². The average molecular weight is 393 g/mol. The number of hydrogen-bond acceptors (Lipinski definition) is 3. The molecule has 0 bridgehead atoms. The van der Waals surface area contributed by atoms with Gasteiger partial charge in [-0.2, -0.15) is 0 Å². The molecule has 0 aromatic heterocycles. The van der Waals surface area contributed by atoms with Gasteiger partial charge in [0.25, 0.3) is 0 Å². The first kappa shape index (κ1) is 19.3. The summed E-state index contributed by atoms with van der Waals surface area (Å²) in [6, 6.07) is 4.62. The predicted octanol–water partition coefficient (Wildman–Crippen LogP) is 3.60. The highest BCUT2D eigenvalue weighted by Gasteiger charge is 2.24. The number of benzene rings is 1. The third kappa shape index (κ3) is 5.53. The molecule has 0 unspecified atom stereocenters. The summed E-state index contributed by atoms with van der Waals surface area (Å²) < 4.78 is 25.2. The second-order valence-corrected chi connectivity index (χ2v) is 8.87. The summed E-state index contributed by atoms with van der Waals surface area (Å²) in [5, 5.41) is 3.54. The van der Waals surface area contributed by atoms with Crippen LogP contribution in [-0.4, -0.2) is 33.2 Å². The lowest BCUT2D eigenvalue weighted by atomic mass is 10.1. The number of nitrogens with one attached hydrogen (secondary N) is 1. The number of sulfonamides is 1. The molecule has 0 saturated heterocycles. The van der Waals surface area contributed by atoms with Gasteiger partial charge in [-0.15, -0.1) is 0 Å². The van der Waals surface area contributed by atoms with Gasteiger partial charge in [0, 0.05) is 11.1 Å². The van der Waals surface area contributed by atoms with Crippen molar-refractivity contribution in [2.45, 2.75) is 44.6 Å². The fraction of sp³-hybridized carbons (Fsp3) is 0.562. The van der Waals surface area contributed by atoms with E-state index in [0.717, 1.165) is 36.2 Å². The van der Waals surface area contributed by atoms with Crippen LogP contribution >= 0.6 is 23.2 Å². The molecule has 134 valence electrons. The number of anilines is 1. The molecule has 0 heterocycles. The number of hydrogen-bond donors (Lipinski definition) is 1. The zero-order valence-electron chi connectivity index (χ0n) is 13.6. The zero-order valence-corrected chi connectivity index (χ0v) is 15.9. The molecule has 1 amide bonds. The molecule has 1 aliphatic rings. The van der Waals surface area contributed by atoms with Gasteiger partial charge in [0.15, 0.2) is 0 Å². The number of amides is 1. The summed E-state index contributed by atoms with van der Waals surface area (Å²) in [5.41, 5.74) is 0.250. The van der Waals surface area contributed by atoms with Gasteiger partial charge < -0.3 is 5.32 Å². The maximum atomic E-state index is 12.3. The molecule has 2 rings (SSSR count). The van der Waals surface area contributed by atoms with Crippen molar-refractivity contribution in [2.24, 2.45) is 0 Å². The molecule has 0 atom stereocenters. The summed E-state index contributed by atoms with van der Waals surface area (Å²) in [5.74, 6) is -0.321. The van der Waals surface area contributed by atoms with Crippen molar-refractivity contribution >= 4 is 44.8 Å². The Bertz CT molecular complexity index is 687. The minimum absolute atomic E-state index is 0.113. The predicted molar refractivity (Wildman–Crippen MR) is 98.3 cm³/mol. The zero-order chi connectivity index (χ0) is 17.7. The number of carbonyl (C=O) groups excluding carboxylic acids is 1. The molecule has 1 aromatic rings. The Morgan fingerprint density at radius 3 is 2.38 bits per heavy atom. The fourth-order valence-electron chi connectivity index (χ4n) is 2.89. The molecule has 1 aliphatic carbocycles. The van der Waals surface area contributed by atoms with Gasteiger partial charge in [-0.1, -0.05) is 48.9 Å². The van der Waals surface area contributed by atoms with Crippen molar-refractivity contribution in [1.82, 2.24) is 5.32 Å². The second-order valence-electron chi connectivity index (χ2n) is 6.12. The Balaban J connectivity index is 2.13. The minimum Gasteiger partial charge on any atom is -0.352 e. The topological polar surface area (TPSA) is 66.5 Å². The highest BCUT2D eigenvalue weighted by molar-refractivity contribution is 7.92. The van der Waals surface area contributed by atoms with E-state index in [1.54, 1.807) is 6.07 Å². The molecule has 24 heavy (non-hydrogen) atoms. The van der Waals surface area contributed by atoms with E-state index in [-0.39, 0.29) is 29.2 Å². The third-order valence-electron chi connectivity index (χ3n) is 4.09.